The van der Waals surface area contributed by atoms with Gasteiger partial charge in [-0.25, -0.2) is 9.38 Å². The molecule has 0 aliphatic carbocycles. The summed E-state index contributed by atoms with van der Waals surface area (Å²) in [5.41, 5.74) is 0.955. The summed E-state index contributed by atoms with van der Waals surface area (Å²) >= 11 is 0. The van der Waals surface area contributed by atoms with E-state index in [1.165, 1.54) is 17.0 Å². The van der Waals surface area contributed by atoms with Crippen molar-refractivity contribution in [2.75, 3.05) is 34.2 Å². The molecule has 0 aliphatic rings. The van der Waals surface area contributed by atoms with Gasteiger partial charge in [0.1, 0.15) is 12.4 Å². The van der Waals surface area contributed by atoms with E-state index in [1.807, 2.05) is 11.9 Å². The van der Waals surface area contributed by atoms with Gasteiger partial charge in [0.05, 0.1) is 0 Å². The number of carbonyl (C=O) groups excluding carboxylic acids is 1. The number of carbonyl (C=O) groups is 1. The Bertz CT molecular complexity index is 531. The standard InChI is InChI=1S/C16H23FN4O.HI/c1-5-10-18-16(19-11-15(22)20(2)3)21(4)12-13-6-8-14(17)9-7-13;/h5-9H,1,10-12H2,2-4H3,(H,18,19);1H. The highest BCUT2D eigenvalue weighted by molar-refractivity contribution is 14.0. The zero-order chi connectivity index (χ0) is 16.5. The summed E-state index contributed by atoms with van der Waals surface area (Å²) in [4.78, 5) is 19.3. The Kier molecular flexibility index (Phi) is 10.2. The van der Waals surface area contributed by atoms with Crippen LogP contribution in [0.2, 0.25) is 0 Å². The van der Waals surface area contributed by atoms with Gasteiger partial charge in [-0.05, 0) is 17.7 Å². The third-order valence-corrected chi connectivity index (χ3v) is 2.96. The first-order valence-corrected chi connectivity index (χ1v) is 6.99. The van der Waals surface area contributed by atoms with Crippen molar-refractivity contribution in [2.45, 2.75) is 6.54 Å². The fraction of sp³-hybridized carbons (Fsp3) is 0.375. The third-order valence-electron chi connectivity index (χ3n) is 2.96. The molecule has 7 heteroatoms. The summed E-state index contributed by atoms with van der Waals surface area (Å²) in [6.45, 7) is 4.83. The molecule has 0 spiro atoms. The largest absolute Gasteiger partial charge is 0.353 e. The van der Waals surface area contributed by atoms with E-state index in [-0.39, 0.29) is 42.2 Å². The molecule has 0 unspecified atom stereocenters. The first-order chi connectivity index (χ1) is 10.4. The van der Waals surface area contributed by atoms with Gasteiger partial charge >= 0.3 is 0 Å². The molecule has 1 aromatic carbocycles. The number of nitrogens with zero attached hydrogens (tertiary/aromatic N) is 3. The van der Waals surface area contributed by atoms with Crippen LogP contribution in [0, 0.1) is 5.82 Å². The van der Waals surface area contributed by atoms with Crippen LogP contribution in [0.5, 0.6) is 0 Å². The molecule has 0 bridgehead atoms. The van der Waals surface area contributed by atoms with E-state index in [1.54, 1.807) is 32.3 Å². The molecule has 0 aliphatic heterocycles. The van der Waals surface area contributed by atoms with E-state index in [4.69, 9.17) is 0 Å². The summed E-state index contributed by atoms with van der Waals surface area (Å²) in [5, 5.41) is 3.11. The van der Waals surface area contributed by atoms with Gasteiger partial charge in [0.25, 0.3) is 0 Å². The number of rotatable bonds is 6. The quantitative estimate of drug-likeness (QED) is 0.323. The predicted octanol–water partition coefficient (Wildman–Crippen LogP) is 2.10. The highest BCUT2D eigenvalue weighted by atomic mass is 127. The van der Waals surface area contributed by atoms with Crippen molar-refractivity contribution >= 4 is 35.8 Å². The number of likely N-dealkylation sites (N-methyl/N-ethyl adjacent to an activating group) is 1. The maximum absolute atomic E-state index is 12.9. The van der Waals surface area contributed by atoms with Gasteiger partial charge in [0, 0.05) is 34.2 Å². The second-order valence-corrected chi connectivity index (χ2v) is 5.08. The number of guanidine groups is 1. The van der Waals surface area contributed by atoms with Gasteiger partial charge in [-0.1, -0.05) is 18.2 Å². The molecule has 0 aromatic heterocycles. The molecule has 1 aromatic rings. The number of nitrogens with one attached hydrogen (secondary N) is 1. The second-order valence-electron chi connectivity index (χ2n) is 5.08. The van der Waals surface area contributed by atoms with Crippen molar-refractivity contribution in [3.63, 3.8) is 0 Å². The Morgan fingerprint density at radius 3 is 2.43 bits per heavy atom. The van der Waals surface area contributed by atoms with Crippen LogP contribution >= 0.6 is 24.0 Å². The van der Waals surface area contributed by atoms with E-state index < -0.39 is 0 Å². The monoisotopic (exact) mass is 434 g/mol. The lowest BCUT2D eigenvalue weighted by Gasteiger charge is -2.22. The molecule has 5 nitrogen and oxygen atoms in total. The van der Waals surface area contributed by atoms with Crippen LogP contribution in [-0.4, -0.2) is 55.9 Å². The van der Waals surface area contributed by atoms with Gasteiger partial charge < -0.3 is 15.1 Å². The maximum Gasteiger partial charge on any atom is 0.243 e. The van der Waals surface area contributed by atoms with Crippen molar-refractivity contribution in [3.8, 4) is 0 Å². The Morgan fingerprint density at radius 2 is 1.91 bits per heavy atom. The SMILES string of the molecule is C=CCNC(=NCC(=O)N(C)C)N(C)Cc1ccc(F)cc1.I. The van der Waals surface area contributed by atoms with Gasteiger partial charge in [-0.3, -0.25) is 4.79 Å². The number of hydrogen-bond donors (Lipinski definition) is 1. The van der Waals surface area contributed by atoms with Crippen LogP contribution < -0.4 is 5.32 Å². The summed E-state index contributed by atoms with van der Waals surface area (Å²) in [6.07, 6.45) is 1.72. The average molecular weight is 434 g/mol. The molecular weight excluding hydrogens is 410 g/mol. The number of hydrogen-bond acceptors (Lipinski definition) is 2. The predicted molar refractivity (Wildman–Crippen MR) is 102 cm³/mol. The van der Waals surface area contributed by atoms with E-state index in [0.29, 0.717) is 19.0 Å². The molecule has 23 heavy (non-hydrogen) atoms. The van der Waals surface area contributed by atoms with Crippen LogP contribution in [0.1, 0.15) is 5.56 Å². The second kappa shape index (κ2) is 11.0. The summed E-state index contributed by atoms with van der Waals surface area (Å²) < 4.78 is 12.9. The fourth-order valence-electron chi connectivity index (χ4n) is 1.70. The normalized spacial score (nSPS) is 10.5. The molecule has 0 saturated heterocycles. The molecular formula is C16H24FIN4O. The zero-order valence-electron chi connectivity index (χ0n) is 13.8. The smallest absolute Gasteiger partial charge is 0.243 e. The van der Waals surface area contributed by atoms with Crippen molar-refractivity contribution in [2.24, 2.45) is 4.99 Å². The van der Waals surface area contributed by atoms with Crippen molar-refractivity contribution in [3.05, 3.63) is 48.3 Å². The minimum Gasteiger partial charge on any atom is -0.353 e. The fourth-order valence-corrected chi connectivity index (χ4v) is 1.70. The van der Waals surface area contributed by atoms with Crippen LogP contribution in [-0.2, 0) is 11.3 Å². The molecule has 1 N–H and O–H groups in total. The summed E-state index contributed by atoms with van der Waals surface area (Å²) in [7, 11) is 5.24. The van der Waals surface area contributed by atoms with E-state index in [0.717, 1.165) is 5.56 Å². The van der Waals surface area contributed by atoms with Crippen LogP contribution in [0.3, 0.4) is 0 Å². The van der Waals surface area contributed by atoms with Crippen molar-refractivity contribution in [1.82, 2.24) is 15.1 Å². The van der Waals surface area contributed by atoms with Crippen LogP contribution in [0.15, 0.2) is 41.9 Å². The summed E-state index contributed by atoms with van der Waals surface area (Å²) in [6, 6.07) is 6.29. The topological polar surface area (TPSA) is 47.9 Å². The molecule has 0 heterocycles. The van der Waals surface area contributed by atoms with Gasteiger partial charge in [0.2, 0.25) is 5.91 Å². The van der Waals surface area contributed by atoms with Crippen LogP contribution in [0.25, 0.3) is 0 Å². The number of benzene rings is 1. The van der Waals surface area contributed by atoms with Gasteiger partial charge in [-0.2, -0.15) is 0 Å². The van der Waals surface area contributed by atoms with Crippen LogP contribution in [0.4, 0.5) is 4.39 Å². The van der Waals surface area contributed by atoms with Crippen molar-refractivity contribution < 1.29 is 9.18 Å². The highest BCUT2D eigenvalue weighted by Crippen LogP contribution is 2.05. The lowest BCUT2D eigenvalue weighted by molar-refractivity contribution is -0.127. The lowest BCUT2D eigenvalue weighted by Crippen LogP contribution is -2.39. The Hall–Kier alpha value is -1.64. The number of halogens is 2. The molecule has 1 amide bonds. The van der Waals surface area contributed by atoms with E-state index in [2.05, 4.69) is 16.9 Å². The summed E-state index contributed by atoms with van der Waals surface area (Å²) in [5.74, 6) is 0.258. The first-order valence-electron chi connectivity index (χ1n) is 6.99. The van der Waals surface area contributed by atoms with Crippen molar-refractivity contribution in [1.29, 1.82) is 0 Å². The maximum atomic E-state index is 12.9. The Balaban J connectivity index is 0.00000484. The minimum atomic E-state index is -0.262. The molecule has 0 fully saturated rings. The van der Waals surface area contributed by atoms with E-state index >= 15 is 0 Å². The number of amides is 1. The molecule has 128 valence electrons. The zero-order valence-corrected chi connectivity index (χ0v) is 16.1. The minimum absolute atomic E-state index is 0. The highest BCUT2D eigenvalue weighted by Gasteiger charge is 2.09. The first kappa shape index (κ1) is 21.4. The van der Waals surface area contributed by atoms with Gasteiger partial charge in [0.15, 0.2) is 5.96 Å². The third kappa shape index (κ3) is 7.96. The molecule has 0 atom stereocenters. The Morgan fingerprint density at radius 1 is 1.30 bits per heavy atom. The molecule has 1 rings (SSSR count). The lowest BCUT2D eigenvalue weighted by atomic mass is 10.2. The Labute approximate surface area is 154 Å². The molecule has 0 radical (unpaired) electrons. The van der Waals surface area contributed by atoms with E-state index in [9.17, 15) is 9.18 Å². The molecule has 0 saturated carbocycles. The number of aliphatic imine (C=N–C) groups is 1. The average Bonchev–Trinajstić information content (AvgIpc) is 2.49. The van der Waals surface area contributed by atoms with Gasteiger partial charge in [-0.15, -0.1) is 30.6 Å².